The van der Waals surface area contributed by atoms with Crippen LogP contribution < -0.4 is 0 Å². The van der Waals surface area contributed by atoms with Crippen LogP contribution in [0.3, 0.4) is 0 Å². The number of aromatic nitrogens is 2. The van der Waals surface area contributed by atoms with E-state index in [1.807, 2.05) is 30.3 Å². The zero-order valence-electron chi connectivity index (χ0n) is 12.9. The molecule has 2 atom stereocenters. The van der Waals surface area contributed by atoms with Gasteiger partial charge in [0.05, 0.1) is 12.1 Å². The molecule has 3 aromatic rings. The van der Waals surface area contributed by atoms with Gasteiger partial charge in [-0.2, -0.15) is 5.10 Å². The van der Waals surface area contributed by atoms with Crippen molar-refractivity contribution in [1.82, 2.24) is 10.2 Å². The van der Waals surface area contributed by atoms with Gasteiger partial charge in [0.15, 0.2) is 17.5 Å². The van der Waals surface area contributed by atoms with Crippen LogP contribution in [0.15, 0.2) is 59.7 Å². The lowest BCUT2D eigenvalue weighted by atomic mass is 9.80. The molecule has 6 heteroatoms. The minimum atomic E-state index is -0.942. The third-order valence-electron chi connectivity index (χ3n) is 4.34. The highest BCUT2D eigenvalue weighted by molar-refractivity contribution is 6.08. The Bertz CT molecular complexity index is 1000. The average Bonchev–Trinajstić information content (AvgIpc) is 3.11. The molecule has 122 valence electrons. The Balaban J connectivity index is 1.95. The molecular formula is C19H12F2N4. The van der Waals surface area contributed by atoms with Crippen LogP contribution in [0.4, 0.5) is 14.6 Å². The molecule has 0 fully saturated rings. The Kier molecular flexibility index (Phi) is 3.62. The maximum absolute atomic E-state index is 14.5. The SMILES string of the molecule is [C-]#[N+]C1C(c2ccccc2)=Nc2[nH]ncc2C1c1cccc(F)c1F. The molecule has 4 nitrogen and oxygen atoms in total. The van der Waals surface area contributed by atoms with Crippen LogP contribution in [0.2, 0.25) is 0 Å². The smallest absolute Gasteiger partial charge is 0.276 e. The van der Waals surface area contributed by atoms with Gasteiger partial charge in [-0.3, -0.25) is 5.10 Å². The van der Waals surface area contributed by atoms with E-state index in [4.69, 9.17) is 6.57 Å². The minimum Gasteiger partial charge on any atom is -0.306 e. The quantitative estimate of drug-likeness (QED) is 0.700. The van der Waals surface area contributed by atoms with Crippen LogP contribution in [0.5, 0.6) is 0 Å². The summed E-state index contributed by atoms with van der Waals surface area (Å²) in [5, 5.41) is 6.76. The molecule has 0 aliphatic carbocycles. The van der Waals surface area contributed by atoms with Crippen LogP contribution >= 0.6 is 0 Å². The van der Waals surface area contributed by atoms with E-state index >= 15 is 0 Å². The summed E-state index contributed by atoms with van der Waals surface area (Å²) in [6.07, 6.45) is 1.52. The Morgan fingerprint density at radius 3 is 2.56 bits per heavy atom. The molecule has 1 aliphatic rings. The van der Waals surface area contributed by atoms with Gasteiger partial charge in [-0.1, -0.05) is 42.5 Å². The number of fused-ring (bicyclic) bond motifs is 1. The molecule has 2 aromatic carbocycles. The van der Waals surface area contributed by atoms with Crippen molar-refractivity contribution in [2.24, 2.45) is 4.99 Å². The Labute approximate surface area is 142 Å². The van der Waals surface area contributed by atoms with Crippen molar-refractivity contribution in [3.05, 3.63) is 94.5 Å². The van der Waals surface area contributed by atoms with E-state index in [-0.39, 0.29) is 5.56 Å². The number of H-pyrrole nitrogens is 1. The summed E-state index contributed by atoms with van der Waals surface area (Å²) < 4.78 is 28.3. The van der Waals surface area contributed by atoms with Crippen LogP contribution in [0.25, 0.3) is 4.85 Å². The summed E-state index contributed by atoms with van der Waals surface area (Å²) in [4.78, 5) is 8.23. The molecule has 2 unspecified atom stereocenters. The first-order valence-corrected chi connectivity index (χ1v) is 7.68. The van der Waals surface area contributed by atoms with Crippen molar-refractivity contribution in [1.29, 1.82) is 0 Å². The number of nitrogens with one attached hydrogen (secondary N) is 1. The second kappa shape index (κ2) is 5.95. The largest absolute Gasteiger partial charge is 0.306 e. The maximum atomic E-state index is 14.5. The molecule has 1 N–H and O–H groups in total. The molecule has 0 saturated carbocycles. The lowest BCUT2D eigenvalue weighted by Gasteiger charge is -2.24. The molecule has 1 aliphatic heterocycles. The highest BCUT2D eigenvalue weighted by Crippen LogP contribution is 2.41. The molecule has 0 amide bonds. The van der Waals surface area contributed by atoms with Crippen molar-refractivity contribution in [3.8, 4) is 0 Å². The summed E-state index contributed by atoms with van der Waals surface area (Å²) in [6, 6.07) is 12.5. The second-order valence-corrected chi connectivity index (χ2v) is 5.73. The van der Waals surface area contributed by atoms with E-state index in [2.05, 4.69) is 20.0 Å². The molecule has 0 bridgehead atoms. The number of nitrogens with zero attached hydrogens (tertiary/aromatic N) is 3. The van der Waals surface area contributed by atoms with E-state index < -0.39 is 23.6 Å². The molecule has 4 rings (SSSR count). The summed E-state index contributed by atoms with van der Waals surface area (Å²) >= 11 is 0. The number of benzene rings is 2. The van der Waals surface area contributed by atoms with Gasteiger partial charge in [0.25, 0.3) is 6.04 Å². The minimum absolute atomic E-state index is 0.131. The molecular weight excluding hydrogens is 322 g/mol. The molecule has 0 saturated heterocycles. The van der Waals surface area contributed by atoms with Crippen molar-refractivity contribution >= 4 is 11.5 Å². The summed E-state index contributed by atoms with van der Waals surface area (Å²) in [5.74, 6) is -2.10. The van der Waals surface area contributed by atoms with Crippen molar-refractivity contribution in [3.63, 3.8) is 0 Å². The molecule has 0 spiro atoms. The van der Waals surface area contributed by atoms with E-state index in [1.54, 1.807) is 0 Å². The normalized spacial score (nSPS) is 19.0. The number of hydrogen-bond donors (Lipinski definition) is 1. The van der Waals surface area contributed by atoms with E-state index in [0.717, 1.165) is 11.6 Å². The highest BCUT2D eigenvalue weighted by Gasteiger charge is 2.42. The number of rotatable bonds is 2. The zero-order chi connectivity index (χ0) is 17.4. The van der Waals surface area contributed by atoms with Gasteiger partial charge < -0.3 is 4.85 Å². The second-order valence-electron chi connectivity index (χ2n) is 5.73. The molecule has 0 radical (unpaired) electrons. The number of hydrogen-bond acceptors (Lipinski definition) is 2. The standard InChI is InChI=1S/C19H12F2N4/c1-22-18-15(12-8-5-9-14(20)16(12)21)13-10-23-25-19(13)24-17(18)11-6-3-2-4-7-11/h2-10,15,18H,(H,23,25). The monoisotopic (exact) mass is 334 g/mol. The third kappa shape index (κ3) is 2.41. The first kappa shape index (κ1) is 15.2. The van der Waals surface area contributed by atoms with Crippen molar-refractivity contribution in [2.45, 2.75) is 12.0 Å². The summed E-state index contributed by atoms with van der Waals surface area (Å²) in [7, 11) is 0. The predicted molar refractivity (Wildman–Crippen MR) is 89.8 cm³/mol. The molecule has 1 aromatic heterocycles. The van der Waals surface area contributed by atoms with Gasteiger partial charge in [0, 0.05) is 16.7 Å². The molecule has 25 heavy (non-hydrogen) atoms. The van der Waals surface area contributed by atoms with Gasteiger partial charge in [-0.25, -0.2) is 20.3 Å². The maximum Gasteiger partial charge on any atom is 0.276 e. The zero-order valence-corrected chi connectivity index (χ0v) is 12.9. The lowest BCUT2D eigenvalue weighted by Crippen LogP contribution is -2.30. The number of aromatic amines is 1. The van der Waals surface area contributed by atoms with Crippen molar-refractivity contribution < 1.29 is 8.78 Å². The van der Waals surface area contributed by atoms with E-state index in [1.165, 1.54) is 18.3 Å². The predicted octanol–water partition coefficient (Wildman–Crippen LogP) is 4.24. The van der Waals surface area contributed by atoms with Gasteiger partial charge in [-0.05, 0) is 6.07 Å². The Morgan fingerprint density at radius 2 is 1.80 bits per heavy atom. The lowest BCUT2D eigenvalue weighted by molar-refractivity contribution is 0.493. The Hall–Kier alpha value is -3.33. The summed E-state index contributed by atoms with van der Waals surface area (Å²) in [5.41, 5.74) is 2.00. The van der Waals surface area contributed by atoms with Gasteiger partial charge in [-0.15, -0.1) is 0 Å². The number of halogens is 2. The van der Waals surface area contributed by atoms with Crippen LogP contribution in [0, 0.1) is 18.2 Å². The van der Waals surface area contributed by atoms with Crippen LogP contribution in [0.1, 0.15) is 22.6 Å². The molecule has 2 heterocycles. The first-order valence-electron chi connectivity index (χ1n) is 7.68. The third-order valence-corrected chi connectivity index (χ3v) is 4.34. The van der Waals surface area contributed by atoms with Gasteiger partial charge >= 0.3 is 0 Å². The van der Waals surface area contributed by atoms with E-state index in [0.29, 0.717) is 17.1 Å². The summed E-state index contributed by atoms with van der Waals surface area (Å²) in [6.45, 7) is 7.67. The average molecular weight is 334 g/mol. The van der Waals surface area contributed by atoms with E-state index in [9.17, 15) is 8.78 Å². The van der Waals surface area contributed by atoms with Gasteiger partial charge in [0.1, 0.15) is 5.71 Å². The topological polar surface area (TPSA) is 45.4 Å². The van der Waals surface area contributed by atoms with Crippen LogP contribution in [-0.2, 0) is 0 Å². The number of aliphatic imine (C=N–C) groups is 1. The highest BCUT2D eigenvalue weighted by atomic mass is 19.2. The van der Waals surface area contributed by atoms with Crippen molar-refractivity contribution in [2.75, 3.05) is 0 Å². The first-order chi connectivity index (χ1) is 12.2. The fourth-order valence-electron chi connectivity index (χ4n) is 3.20. The van der Waals surface area contributed by atoms with Gasteiger partial charge in [0.2, 0.25) is 0 Å². The fourth-order valence-corrected chi connectivity index (χ4v) is 3.20. The fraction of sp³-hybridized carbons (Fsp3) is 0.105. The Morgan fingerprint density at radius 1 is 1.00 bits per heavy atom. The van der Waals surface area contributed by atoms with Crippen LogP contribution in [-0.4, -0.2) is 22.0 Å².